The highest BCUT2D eigenvalue weighted by atomic mass is 16.4. The average Bonchev–Trinajstić information content (AvgIpc) is 0.830. The van der Waals surface area contributed by atoms with E-state index in [9.17, 15) is 87.9 Å². The van der Waals surface area contributed by atoms with Crippen LogP contribution in [-0.4, -0.2) is 262 Å². The zero-order valence-electron chi connectivity index (χ0n) is 59.8. The first kappa shape index (κ1) is 85.3. The molecular formula is C72H107N13O19. The quantitative estimate of drug-likeness (QED) is 0.0355. The van der Waals surface area contributed by atoms with Gasteiger partial charge >= 0.3 is 41.8 Å². The first-order valence-corrected chi connectivity index (χ1v) is 35.8. The summed E-state index contributed by atoms with van der Waals surface area (Å²) in [7, 11) is 0. The Bertz CT molecular complexity index is 3320. The number of urea groups is 1. The Morgan fingerprint density at radius 3 is 1.42 bits per heavy atom. The molecule has 6 atom stereocenters. The molecule has 1 aliphatic carbocycles. The van der Waals surface area contributed by atoms with Gasteiger partial charge in [-0.15, -0.1) is 0 Å². The molecule has 1 saturated carbocycles. The number of rotatable bonds is 42. The minimum absolute atomic E-state index is 0.0616. The van der Waals surface area contributed by atoms with Crippen molar-refractivity contribution in [1.29, 1.82) is 0 Å². The number of amides is 8. The van der Waals surface area contributed by atoms with Crippen LogP contribution < -0.4 is 48.3 Å². The van der Waals surface area contributed by atoms with Gasteiger partial charge in [0.1, 0.15) is 30.2 Å². The van der Waals surface area contributed by atoms with Gasteiger partial charge in [0.15, 0.2) is 0 Å². The summed E-state index contributed by atoms with van der Waals surface area (Å²) in [5, 5.41) is 80.9. The summed E-state index contributed by atoms with van der Waals surface area (Å²) in [5.74, 6) is -10.9. The van der Waals surface area contributed by atoms with Crippen molar-refractivity contribution in [2.45, 2.75) is 153 Å². The zero-order chi connectivity index (χ0) is 76.3. The number of nitrogens with zero attached hydrogens (tertiary/aromatic N) is 4. The number of carbonyl (C=O) groups is 13. The molecule has 32 heteroatoms. The SMILES string of the molecule is CC(C)Cc1ccc(C(C)C(=O)NC(CCN)C(=O)NCCCCC(NC(=O)CN2CCN(CC(=O)O)CCN(CC(=O)O)CCN(CC(=O)O)CC2)C(=O)NCC2CCC(C(=O)NC(Cc3ccc4ccccc4c3)C(=O)NCCCCC(NC(=O)NC(CCC(=O)O)C(=O)O)C(=O)O)CC2)cc1. The highest BCUT2D eigenvalue weighted by Gasteiger charge is 2.33. The van der Waals surface area contributed by atoms with Crippen molar-refractivity contribution in [3.8, 4) is 0 Å². The number of carboxylic acids is 6. The van der Waals surface area contributed by atoms with Crippen LogP contribution in [0.1, 0.15) is 127 Å². The molecule has 3 aromatic carbocycles. The van der Waals surface area contributed by atoms with Gasteiger partial charge < -0.3 is 78.9 Å². The van der Waals surface area contributed by atoms with Crippen molar-refractivity contribution < 1.29 is 93.0 Å². The summed E-state index contributed by atoms with van der Waals surface area (Å²) in [6.45, 7) is 6.46. The third kappa shape index (κ3) is 32.1. The molecule has 0 bridgehead atoms. The Morgan fingerprint density at radius 1 is 0.452 bits per heavy atom. The average molecular weight is 1460 g/mol. The van der Waals surface area contributed by atoms with Gasteiger partial charge in [-0.05, 0) is 136 Å². The molecule has 16 N–H and O–H groups in total. The largest absolute Gasteiger partial charge is 0.481 e. The van der Waals surface area contributed by atoms with Gasteiger partial charge in [0.2, 0.25) is 35.4 Å². The second-order valence-electron chi connectivity index (χ2n) is 27.4. The minimum Gasteiger partial charge on any atom is -0.481 e. The van der Waals surface area contributed by atoms with Crippen LogP contribution in [0.25, 0.3) is 10.8 Å². The van der Waals surface area contributed by atoms with Gasteiger partial charge in [0.25, 0.3) is 0 Å². The smallest absolute Gasteiger partial charge is 0.326 e. The number of hydrogen-bond acceptors (Lipinski definition) is 18. The molecule has 3 aromatic rings. The highest BCUT2D eigenvalue weighted by molar-refractivity contribution is 5.92. The van der Waals surface area contributed by atoms with E-state index >= 15 is 0 Å². The lowest BCUT2D eigenvalue weighted by atomic mass is 9.81. The number of carbonyl (C=O) groups excluding carboxylic acids is 7. The molecule has 6 unspecified atom stereocenters. The number of fused-ring (bicyclic) bond motifs is 1. The molecule has 0 spiro atoms. The predicted molar refractivity (Wildman–Crippen MR) is 383 cm³/mol. The van der Waals surface area contributed by atoms with Gasteiger partial charge in [-0.25, -0.2) is 14.4 Å². The van der Waals surface area contributed by atoms with Crippen molar-refractivity contribution in [2.75, 3.05) is 105 Å². The monoisotopic (exact) mass is 1460 g/mol. The summed E-state index contributed by atoms with van der Waals surface area (Å²) < 4.78 is 0. The van der Waals surface area contributed by atoms with E-state index in [1.807, 2.05) is 66.7 Å². The molecule has 1 heterocycles. The maximum atomic E-state index is 14.4. The summed E-state index contributed by atoms with van der Waals surface area (Å²) in [5.41, 5.74) is 8.61. The third-order valence-corrected chi connectivity index (χ3v) is 18.6. The standard InChI is InChI=1S/C72H107N13O19/c1-46(2)38-48-14-19-51(20-15-48)47(3)65(95)78-56(26-27-73)67(97)74-28-8-6-12-55(77-60(86)42-82-30-32-83(43-62(89)90)34-36-85(45-64(93)94)37-35-84(33-31-82)44-63(91)92)68(98)76-41-49-16-22-53(23-17-49)66(96)79-59(40-50-18-21-52-10-4-5-11-54(52)39-50)69(99)75-29-9-7-13-57(70(100)101)80-72(104)81-58(71(102)103)24-25-61(87)88/h4-5,10-11,14-15,18-21,39,46-47,49,53,55-59H,6-9,12-13,16-17,22-38,40-45,73H2,1-3H3,(H,74,97)(H,75,99)(H,76,98)(H,77,86)(H,78,95)(H,79,96)(H,87,88)(H,89,90)(H,91,92)(H,93,94)(H,100,101)(H,102,103)(H2,80,81,104). The van der Waals surface area contributed by atoms with E-state index < -0.39 is 120 Å². The topological polar surface area (TPSA) is 479 Å². The number of carboxylic acid groups (broad SMARTS) is 6. The normalized spacial score (nSPS) is 17.5. The molecule has 0 radical (unpaired) electrons. The fourth-order valence-corrected chi connectivity index (χ4v) is 12.6. The van der Waals surface area contributed by atoms with Crippen LogP contribution in [0.4, 0.5) is 4.79 Å². The van der Waals surface area contributed by atoms with E-state index in [1.54, 1.807) is 26.5 Å². The molecule has 2 fully saturated rings. The van der Waals surface area contributed by atoms with Crippen LogP contribution >= 0.6 is 0 Å². The first-order chi connectivity index (χ1) is 49.5. The van der Waals surface area contributed by atoms with E-state index in [2.05, 4.69) is 56.4 Å². The summed E-state index contributed by atoms with van der Waals surface area (Å²) in [6, 6.07) is 14.0. The summed E-state index contributed by atoms with van der Waals surface area (Å²) in [4.78, 5) is 173. The maximum Gasteiger partial charge on any atom is 0.326 e. The number of nitrogens with one attached hydrogen (secondary N) is 8. The van der Waals surface area contributed by atoms with Crippen LogP contribution in [0, 0.1) is 17.8 Å². The zero-order valence-corrected chi connectivity index (χ0v) is 59.8. The minimum atomic E-state index is -1.58. The predicted octanol–water partition coefficient (Wildman–Crippen LogP) is 1.23. The fourth-order valence-electron chi connectivity index (χ4n) is 12.6. The Hall–Kier alpha value is -9.37. The first-order valence-electron chi connectivity index (χ1n) is 35.8. The second-order valence-corrected chi connectivity index (χ2v) is 27.4. The molecule has 1 saturated heterocycles. The Kier molecular flexibility index (Phi) is 36.9. The Morgan fingerprint density at radius 2 is 0.923 bits per heavy atom. The van der Waals surface area contributed by atoms with Crippen LogP contribution in [0.5, 0.6) is 0 Å². The molecule has 574 valence electrons. The van der Waals surface area contributed by atoms with Crippen molar-refractivity contribution in [1.82, 2.24) is 62.1 Å². The highest BCUT2D eigenvalue weighted by Crippen LogP contribution is 2.29. The van der Waals surface area contributed by atoms with Crippen LogP contribution in [-0.2, 0) is 70.4 Å². The number of hydrogen-bond donors (Lipinski definition) is 15. The molecular weight excluding hydrogens is 1350 g/mol. The van der Waals surface area contributed by atoms with Crippen molar-refractivity contribution in [3.63, 3.8) is 0 Å². The van der Waals surface area contributed by atoms with Crippen LogP contribution in [0.2, 0.25) is 0 Å². The molecule has 8 amide bonds. The van der Waals surface area contributed by atoms with E-state index in [4.69, 9.17) is 10.8 Å². The lowest BCUT2D eigenvalue weighted by molar-refractivity contribution is -0.141. The number of nitrogens with two attached hydrogens (primary N) is 1. The number of benzene rings is 3. The molecule has 0 aromatic heterocycles. The van der Waals surface area contributed by atoms with Gasteiger partial charge in [-0.1, -0.05) is 80.6 Å². The molecule has 2 aliphatic rings. The lowest BCUT2D eigenvalue weighted by Crippen LogP contribution is -2.52. The molecule has 104 heavy (non-hydrogen) atoms. The van der Waals surface area contributed by atoms with Gasteiger partial charge in [-0.3, -0.25) is 67.5 Å². The third-order valence-electron chi connectivity index (χ3n) is 18.6. The van der Waals surface area contributed by atoms with Crippen molar-refractivity contribution >= 4 is 88.1 Å². The summed E-state index contributed by atoms with van der Waals surface area (Å²) >= 11 is 0. The van der Waals surface area contributed by atoms with Crippen molar-refractivity contribution in [3.05, 3.63) is 83.4 Å². The van der Waals surface area contributed by atoms with E-state index in [1.165, 1.54) is 0 Å². The van der Waals surface area contributed by atoms with Crippen LogP contribution in [0.3, 0.4) is 0 Å². The van der Waals surface area contributed by atoms with E-state index in [0.29, 0.717) is 44.4 Å². The van der Waals surface area contributed by atoms with Gasteiger partial charge in [0.05, 0.1) is 32.1 Å². The molecule has 5 rings (SSSR count). The second kappa shape index (κ2) is 45.0. The fraction of sp³-hybridized carbons (Fsp3) is 0.597. The van der Waals surface area contributed by atoms with Gasteiger partial charge in [0, 0.05) is 90.8 Å². The summed E-state index contributed by atoms with van der Waals surface area (Å²) in [6.07, 6.45) is 3.18. The van der Waals surface area contributed by atoms with E-state index in [-0.39, 0.29) is 161 Å². The van der Waals surface area contributed by atoms with Crippen LogP contribution in [0.15, 0.2) is 66.7 Å². The van der Waals surface area contributed by atoms with Gasteiger partial charge in [-0.2, -0.15) is 0 Å². The Balaban J connectivity index is 1.23. The lowest BCUT2D eigenvalue weighted by Gasteiger charge is -2.33. The Labute approximate surface area is 605 Å². The van der Waals surface area contributed by atoms with E-state index in [0.717, 1.165) is 33.9 Å². The molecule has 1 aliphatic heterocycles. The van der Waals surface area contributed by atoms with Crippen molar-refractivity contribution in [2.24, 2.45) is 23.5 Å². The maximum absolute atomic E-state index is 14.4. The number of aliphatic carboxylic acids is 6. The number of unbranched alkanes of at least 4 members (excludes halogenated alkanes) is 2. The molecule has 32 nitrogen and oxygen atoms in total.